The fourth-order valence-corrected chi connectivity index (χ4v) is 1.32. The molecule has 0 aromatic rings. The summed E-state index contributed by atoms with van der Waals surface area (Å²) in [6.07, 6.45) is 0.123. The summed E-state index contributed by atoms with van der Waals surface area (Å²) < 4.78 is 0. The zero-order valence-electron chi connectivity index (χ0n) is 9.33. The van der Waals surface area contributed by atoms with E-state index in [0.29, 0.717) is 13.1 Å². The average molecular weight is 201 g/mol. The molecule has 1 N–H and O–H groups in total. The van der Waals surface area contributed by atoms with E-state index in [1.807, 2.05) is 13.8 Å². The van der Waals surface area contributed by atoms with Crippen molar-refractivity contribution < 1.29 is 14.7 Å². The minimum Gasteiger partial charge on any atom is -0.373 e. The Morgan fingerprint density at radius 2 is 1.64 bits per heavy atom. The lowest BCUT2D eigenvalue weighted by molar-refractivity contribution is -0.159. The van der Waals surface area contributed by atoms with Crippen molar-refractivity contribution in [3.63, 3.8) is 0 Å². The molecule has 0 unspecified atom stereocenters. The minimum atomic E-state index is -1.83. The lowest BCUT2D eigenvalue weighted by atomic mass is 9.94. The number of carbonyl (C=O) groups excluding carboxylic acids is 2. The number of nitrogens with zero attached hydrogens (tertiary/aromatic N) is 1. The van der Waals surface area contributed by atoms with Gasteiger partial charge in [-0.3, -0.25) is 9.59 Å². The first-order chi connectivity index (χ1) is 6.43. The highest BCUT2D eigenvalue weighted by atomic mass is 16.3. The molecule has 0 fully saturated rings. The van der Waals surface area contributed by atoms with Crippen LogP contribution in [0.1, 0.15) is 34.1 Å². The first-order valence-corrected chi connectivity index (χ1v) is 4.96. The SMILES string of the molecule is CCN(CC)C(=O)[C@](O)(CC)C(C)=O. The highest BCUT2D eigenvalue weighted by molar-refractivity contribution is 6.08. The molecule has 0 rings (SSSR count). The molecule has 0 heterocycles. The van der Waals surface area contributed by atoms with Gasteiger partial charge in [0.2, 0.25) is 5.60 Å². The van der Waals surface area contributed by atoms with Gasteiger partial charge in [0.15, 0.2) is 5.78 Å². The van der Waals surface area contributed by atoms with Gasteiger partial charge in [-0.1, -0.05) is 6.92 Å². The van der Waals surface area contributed by atoms with Crippen molar-refractivity contribution in [2.45, 2.75) is 39.7 Å². The Morgan fingerprint density at radius 3 is 1.86 bits per heavy atom. The van der Waals surface area contributed by atoms with Gasteiger partial charge < -0.3 is 10.0 Å². The number of amides is 1. The normalized spacial score (nSPS) is 14.6. The van der Waals surface area contributed by atoms with Gasteiger partial charge in [-0.05, 0) is 27.2 Å². The van der Waals surface area contributed by atoms with Crippen LogP contribution in [0.15, 0.2) is 0 Å². The van der Waals surface area contributed by atoms with Crippen LogP contribution >= 0.6 is 0 Å². The van der Waals surface area contributed by atoms with E-state index in [2.05, 4.69) is 0 Å². The second-order valence-electron chi connectivity index (χ2n) is 3.25. The van der Waals surface area contributed by atoms with E-state index in [1.54, 1.807) is 6.92 Å². The lowest BCUT2D eigenvalue weighted by Gasteiger charge is -2.29. The summed E-state index contributed by atoms with van der Waals surface area (Å²) in [5.41, 5.74) is -1.83. The molecule has 0 aromatic heterocycles. The molecule has 1 amide bonds. The van der Waals surface area contributed by atoms with Crippen LogP contribution in [0.3, 0.4) is 0 Å². The van der Waals surface area contributed by atoms with Crippen LogP contribution < -0.4 is 0 Å². The van der Waals surface area contributed by atoms with Crippen LogP contribution in [0, 0.1) is 0 Å². The second kappa shape index (κ2) is 5.10. The summed E-state index contributed by atoms with van der Waals surface area (Å²) >= 11 is 0. The maximum atomic E-state index is 11.8. The first-order valence-electron chi connectivity index (χ1n) is 4.96. The van der Waals surface area contributed by atoms with Gasteiger partial charge in [0.1, 0.15) is 0 Å². The summed E-state index contributed by atoms with van der Waals surface area (Å²) in [5, 5.41) is 9.86. The molecule has 0 radical (unpaired) electrons. The second-order valence-corrected chi connectivity index (χ2v) is 3.25. The highest BCUT2D eigenvalue weighted by Gasteiger charge is 2.41. The molecule has 0 aromatic carbocycles. The molecule has 4 nitrogen and oxygen atoms in total. The van der Waals surface area contributed by atoms with Crippen LogP contribution in [0.5, 0.6) is 0 Å². The third kappa shape index (κ3) is 2.32. The van der Waals surface area contributed by atoms with Gasteiger partial charge in [-0.25, -0.2) is 0 Å². The Kier molecular flexibility index (Phi) is 4.77. The van der Waals surface area contributed by atoms with E-state index in [9.17, 15) is 14.7 Å². The van der Waals surface area contributed by atoms with Crippen LogP contribution in [0.4, 0.5) is 0 Å². The Bertz CT molecular complexity index is 223. The van der Waals surface area contributed by atoms with Crippen LogP contribution in [-0.4, -0.2) is 40.4 Å². The van der Waals surface area contributed by atoms with Gasteiger partial charge in [0.25, 0.3) is 5.91 Å². The Balaban J connectivity index is 4.86. The van der Waals surface area contributed by atoms with E-state index >= 15 is 0 Å². The minimum absolute atomic E-state index is 0.123. The predicted molar refractivity (Wildman–Crippen MR) is 53.8 cm³/mol. The highest BCUT2D eigenvalue weighted by Crippen LogP contribution is 2.15. The van der Waals surface area contributed by atoms with E-state index < -0.39 is 17.3 Å². The topological polar surface area (TPSA) is 57.6 Å². The zero-order valence-corrected chi connectivity index (χ0v) is 9.33. The van der Waals surface area contributed by atoms with E-state index in [4.69, 9.17) is 0 Å². The third-order valence-corrected chi connectivity index (χ3v) is 2.50. The summed E-state index contributed by atoms with van der Waals surface area (Å²) in [4.78, 5) is 24.4. The van der Waals surface area contributed by atoms with Crippen molar-refractivity contribution in [2.75, 3.05) is 13.1 Å². The molecular formula is C10H19NO3. The Labute approximate surface area is 84.9 Å². The molecule has 0 saturated heterocycles. The molecule has 1 atom stereocenters. The largest absolute Gasteiger partial charge is 0.373 e. The van der Waals surface area contributed by atoms with Crippen molar-refractivity contribution in [1.82, 2.24) is 4.90 Å². The Morgan fingerprint density at radius 1 is 1.21 bits per heavy atom. The fraction of sp³-hybridized carbons (Fsp3) is 0.800. The van der Waals surface area contributed by atoms with Gasteiger partial charge in [0.05, 0.1) is 0 Å². The van der Waals surface area contributed by atoms with Gasteiger partial charge in [-0.15, -0.1) is 0 Å². The molecule has 0 saturated carbocycles. The molecule has 0 aliphatic carbocycles. The number of likely N-dealkylation sites (N-methyl/N-ethyl adjacent to an activating group) is 1. The molecule has 0 spiro atoms. The average Bonchev–Trinajstić information content (AvgIpc) is 2.17. The number of Topliss-reactive ketones (excluding diaryl/α,β-unsaturated/α-hetero) is 1. The molecular weight excluding hydrogens is 182 g/mol. The maximum Gasteiger partial charge on any atom is 0.262 e. The van der Waals surface area contributed by atoms with E-state index in [1.165, 1.54) is 11.8 Å². The van der Waals surface area contributed by atoms with Gasteiger partial charge in [0, 0.05) is 13.1 Å². The van der Waals surface area contributed by atoms with Crippen LogP contribution in [-0.2, 0) is 9.59 Å². The zero-order chi connectivity index (χ0) is 11.4. The molecule has 0 aliphatic heterocycles. The quantitative estimate of drug-likeness (QED) is 0.662. The number of hydrogen-bond donors (Lipinski definition) is 1. The molecule has 0 bridgehead atoms. The summed E-state index contributed by atoms with van der Waals surface area (Å²) in [5.74, 6) is -0.977. The molecule has 0 aliphatic rings. The van der Waals surface area contributed by atoms with Crippen LogP contribution in [0.2, 0.25) is 0 Å². The number of rotatable bonds is 5. The monoisotopic (exact) mass is 201 g/mol. The van der Waals surface area contributed by atoms with Gasteiger partial charge >= 0.3 is 0 Å². The summed E-state index contributed by atoms with van der Waals surface area (Å²) in [7, 11) is 0. The lowest BCUT2D eigenvalue weighted by Crippen LogP contribution is -2.53. The number of hydrogen-bond acceptors (Lipinski definition) is 3. The van der Waals surface area contributed by atoms with E-state index in [0.717, 1.165) is 0 Å². The number of aliphatic hydroxyl groups is 1. The fourth-order valence-electron chi connectivity index (χ4n) is 1.32. The summed E-state index contributed by atoms with van der Waals surface area (Å²) in [6.45, 7) is 7.51. The smallest absolute Gasteiger partial charge is 0.262 e. The molecule has 14 heavy (non-hydrogen) atoms. The standard InChI is InChI=1S/C10H19NO3/c1-5-10(14,8(4)12)9(13)11(6-2)7-3/h14H,5-7H2,1-4H3/t10-/m0/s1. The van der Waals surface area contributed by atoms with Crippen molar-refractivity contribution in [2.24, 2.45) is 0 Å². The maximum absolute atomic E-state index is 11.8. The third-order valence-electron chi connectivity index (χ3n) is 2.50. The van der Waals surface area contributed by atoms with Crippen molar-refractivity contribution in [3.05, 3.63) is 0 Å². The molecule has 4 heteroatoms. The van der Waals surface area contributed by atoms with E-state index in [-0.39, 0.29) is 6.42 Å². The van der Waals surface area contributed by atoms with Crippen molar-refractivity contribution >= 4 is 11.7 Å². The molecule has 82 valence electrons. The number of ketones is 1. The van der Waals surface area contributed by atoms with Crippen molar-refractivity contribution in [1.29, 1.82) is 0 Å². The van der Waals surface area contributed by atoms with Crippen molar-refractivity contribution in [3.8, 4) is 0 Å². The summed E-state index contributed by atoms with van der Waals surface area (Å²) in [6, 6.07) is 0. The first kappa shape index (κ1) is 13.1. The Hall–Kier alpha value is -0.900. The van der Waals surface area contributed by atoms with Crippen LogP contribution in [0.25, 0.3) is 0 Å². The van der Waals surface area contributed by atoms with Gasteiger partial charge in [-0.2, -0.15) is 0 Å². The number of carbonyl (C=O) groups is 2. The predicted octanol–water partition coefficient (Wildman–Crippen LogP) is 0.585.